The van der Waals surface area contributed by atoms with Crippen molar-refractivity contribution in [2.45, 2.75) is 26.3 Å². The number of rotatable bonds is 8. The molecule has 0 saturated carbocycles. The average molecular weight is 422 g/mol. The molecule has 4 rings (SSSR count). The van der Waals surface area contributed by atoms with Crippen molar-refractivity contribution in [3.05, 3.63) is 59.7 Å². The number of amides is 2. The summed E-state index contributed by atoms with van der Waals surface area (Å²) in [5.41, 5.74) is 3.05. The Labute approximate surface area is 181 Å². The Bertz CT molecular complexity index is 1070. The van der Waals surface area contributed by atoms with Crippen LogP contribution in [0.2, 0.25) is 0 Å². The highest BCUT2D eigenvalue weighted by Gasteiger charge is 2.28. The van der Waals surface area contributed by atoms with Gasteiger partial charge in [0.15, 0.2) is 11.7 Å². The van der Waals surface area contributed by atoms with Gasteiger partial charge in [-0.05, 0) is 49.2 Å². The van der Waals surface area contributed by atoms with Crippen LogP contribution < -0.4 is 15.0 Å². The molecule has 0 radical (unpaired) electrons. The molecule has 0 bridgehead atoms. The fourth-order valence-electron chi connectivity index (χ4n) is 3.47. The van der Waals surface area contributed by atoms with Crippen molar-refractivity contribution in [3.63, 3.8) is 0 Å². The molecule has 1 atom stereocenters. The van der Waals surface area contributed by atoms with Gasteiger partial charge in [0.2, 0.25) is 0 Å². The van der Waals surface area contributed by atoms with Crippen LogP contribution in [-0.2, 0) is 11.2 Å². The van der Waals surface area contributed by atoms with Crippen molar-refractivity contribution in [3.8, 4) is 17.1 Å². The summed E-state index contributed by atoms with van der Waals surface area (Å²) in [7, 11) is 1.65. The number of carbonyl (C=O) groups is 1. The molecule has 1 saturated heterocycles. The predicted octanol–water partition coefficient (Wildman–Crippen LogP) is 3.58. The zero-order valence-corrected chi connectivity index (χ0v) is 17.9. The number of urea groups is 1. The van der Waals surface area contributed by atoms with Crippen LogP contribution in [0.4, 0.5) is 10.6 Å². The van der Waals surface area contributed by atoms with Gasteiger partial charge in [-0.2, -0.15) is 0 Å². The maximum atomic E-state index is 12.1. The fraction of sp³-hybridized carbons (Fsp3) is 0.348. The van der Waals surface area contributed by atoms with Crippen molar-refractivity contribution in [1.82, 2.24) is 15.3 Å². The number of carbonyl (C=O) groups excluding carboxylic acids is 1. The van der Waals surface area contributed by atoms with Crippen LogP contribution in [0.5, 0.6) is 5.75 Å². The molecule has 1 aliphatic heterocycles. The van der Waals surface area contributed by atoms with Gasteiger partial charge in [-0.3, -0.25) is 4.90 Å². The van der Waals surface area contributed by atoms with Gasteiger partial charge in [-0.15, -0.1) is 0 Å². The zero-order valence-electron chi connectivity index (χ0n) is 17.9. The molecule has 0 aliphatic carbocycles. The number of nitrogens with one attached hydrogen (secondary N) is 1. The number of methoxy groups -OCH3 is 1. The molecule has 1 aromatic carbocycles. The highest BCUT2D eigenvalue weighted by molar-refractivity contribution is 5.94. The molecular weight excluding hydrogens is 396 g/mol. The third kappa shape index (κ3) is 4.86. The molecule has 0 spiro atoms. The Morgan fingerprint density at radius 1 is 1.23 bits per heavy atom. The average Bonchev–Trinajstić information content (AvgIpc) is 3.36. The van der Waals surface area contributed by atoms with Gasteiger partial charge < -0.3 is 19.2 Å². The second kappa shape index (κ2) is 9.18. The summed E-state index contributed by atoms with van der Waals surface area (Å²) in [4.78, 5) is 22.5. The summed E-state index contributed by atoms with van der Waals surface area (Å²) in [5, 5.41) is 2.88. The molecule has 8 nitrogen and oxygen atoms in total. The van der Waals surface area contributed by atoms with E-state index in [-0.39, 0.29) is 12.1 Å². The SMILES string of the molecule is COCCOc1ccc(C)c(Cc2ncc(-c3ccnc(N4CC(C)NC4=O)c3)o2)c1. The third-order valence-corrected chi connectivity index (χ3v) is 5.15. The molecule has 3 aromatic rings. The Kier molecular flexibility index (Phi) is 6.18. The van der Waals surface area contributed by atoms with E-state index in [9.17, 15) is 4.79 Å². The van der Waals surface area contributed by atoms with E-state index < -0.39 is 0 Å². The number of oxazole rings is 1. The first-order valence-electron chi connectivity index (χ1n) is 10.2. The molecule has 8 heteroatoms. The number of benzene rings is 1. The zero-order chi connectivity index (χ0) is 21.8. The monoisotopic (exact) mass is 422 g/mol. The minimum atomic E-state index is -0.140. The first-order valence-corrected chi connectivity index (χ1v) is 10.2. The van der Waals surface area contributed by atoms with Gasteiger partial charge in [-0.1, -0.05) is 6.07 Å². The first-order chi connectivity index (χ1) is 15.0. The Morgan fingerprint density at radius 2 is 2.10 bits per heavy atom. The fourth-order valence-corrected chi connectivity index (χ4v) is 3.47. The van der Waals surface area contributed by atoms with Crippen LogP contribution in [0, 0.1) is 6.92 Å². The standard InChI is InChI=1S/C23H26N4O4/c1-15-4-5-19(30-9-8-29-3)10-18(15)12-22-25-13-20(31-22)17-6-7-24-21(11-17)27-14-16(2)26-23(27)28/h4-7,10-11,13,16H,8-9,12,14H2,1-3H3,(H,26,28). The van der Waals surface area contributed by atoms with Gasteiger partial charge in [0.05, 0.1) is 12.8 Å². The van der Waals surface area contributed by atoms with Crippen LogP contribution >= 0.6 is 0 Å². The van der Waals surface area contributed by atoms with Gasteiger partial charge in [0, 0.05) is 37.9 Å². The Hall–Kier alpha value is -3.39. The maximum Gasteiger partial charge on any atom is 0.323 e. The topological polar surface area (TPSA) is 89.7 Å². The number of pyridine rings is 1. The number of aryl methyl sites for hydroxylation is 1. The van der Waals surface area contributed by atoms with Crippen molar-refractivity contribution >= 4 is 11.8 Å². The van der Waals surface area contributed by atoms with E-state index in [4.69, 9.17) is 13.9 Å². The van der Waals surface area contributed by atoms with E-state index in [0.29, 0.717) is 43.6 Å². The lowest BCUT2D eigenvalue weighted by Crippen LogP contribution is -2.28. The Balaban J connectivity index is 1.50. The highest BCUT2D eigenvalue weighted by Crippen LogP contribution is 2.27. The molecule has 2 aromatic heterocycles. The summed E-state index contributed by atoms with van der Waals surface area (Å²) >= 11 is 0. The number of ether oxygens (including phenoxy) is 2. The molecule has 1 unspecified atom stereocenters. The second-order valence-corrected chi connectivity index (χ2v) is 7.59. The molecule has 1 N–H and O–H groups in total. The van der Waals surface area contributed by atoms with E-state index in [1.54, 1.807) is 24.4 Å². The molecule has 162 valence electrons. The Morgan fingerprint density at radius 3 is 2.87 bits per heavy atom. The first kappa shape index (κ1) is 20.9. The van der Waals surface area contributed by atoms with E-state index in [1.807, 2.05) is 37.3 Å². The summed E-state index contributed by atoms with van der Waals surface area (Å²) in [6.45, 7) is 5.64. The van der Waals surface area contributed by atoms with Crippen LogP contribution in [0.15, 0.2) is 47.1 Å². The van der Waals surface area contributed by atoms with Gasteiger partial charge in [0.25, 0.3) is 0 Å². The van der Waals surface area contributed by atoms with Crippen LogP contribution in [-0.4, -0.2) is 48.9 Å². The lowest BCUT2D eigenvalue weighted by molar-refractivity contribution is 0.146. The maximum absolute atomic E-state index is 12.1. The van der Waals surface area contributed by atoms with Gasteiger partial charge >= 0.3 is 6.03 Å². The molecule has 1 aliphatic rings. The molecule has 2 amide bonds. The predicted molar refractivity (Wildman–Crippen MR) is 116 cm³/mol. The quantitative estimate of drug-likeness (QED) is 0.558. The molecule has 1 fully saturated rings. The van der Waals surface area contributed by atoms with Crippen molar-refractivity contribution < 1.29 is 18.7 Å². The van der Waals surface area contributed by atoms with Crippen molar-refractivity contribution in [2.75, 3.05) is 31.8 Å². The molecule has 3 heterocycles. The minimum absolute atomic E-state index is 0.0901. The van der Waals surface area contributed by atoms with Crippen molar-refractivity contribution in [1.29, 1.82) is 0 Å². The minimum Gasteiger partial charge on any atom is -0.491 e. The van der Waals surface area contributed by atoms with Crippen LogP contribution in [0.1, 0.15) is 23.9 Å². The number of hydrogen-bond acceptors (Lipinski definition) is 6. The summed E-state index contributed by atoms with van der Waals surface area (Å²) in [6.07, 6.45) is 3.93. The lowest BCUT2D eigenvalue weighted by Gasteiger charge is -2.13. The number of aromatic nitrogens is 2. The normalized spacial score (nSPS) is 15.9. The highest BCUT2D eigenvalue weighted by atomic mass is 16.5. The van der Waals surface area contributed by atoms with Crippen LogP contribution in [0.25, 0.3) is 11.3 Å². The molecule has 31 heavy (non-hydrogen) atoms. The second-order valence-electron chi connectivity index (χ2n) is 7.59. The van der Waals surface area contributed by atoms with Gasteiger partial charge in [0.1, 0.15) is 18.2 Å². The smallest absolute Gasteiger partial charge is 0.323 e. The van der Waals surface area contributed by atoms with Crippen molar-refractivity contribution in [2.24, 2.45) is 0 Å². The summed E-state index contributed by atoms with van der Waals surface area (Å²) in [5.74, 6) is 2.63. The number of anilines is 1. The van der Waals surface area contributed by atoms with E-state index >= 15 is 0 Å². The van der Waals surface area contributed by atoms with E-state index in [1.165, 1.54) is 0 Å². The molecular formula is C23H26N4O4. The largest absolute Gasteiger partial charge is 0.491 e. The number of hydrogen-bond donors (Lipinski definition) is 1. The number of nitrogens with zero attached hydrogens (tertiary/aromatic N) is 3. The lowest BCUT2D eigenvalue weighted by atomic mass is 10.1. The summed E-state index contributed by atoms with van der Waals surface area (Å²) in [6, 6.07) is 9.62. The van der Waals surface area contributed by atoms with Gasteiger partial charge in [-0.25, -0.2) is 14.8 Å². The third-order valence-electron chi connectivity index (χ3n) is 5.15. The van der Waals surface area contributed by atoms with Crippen LogP contribution in [0.3, 0.4) is 0 Å². The van der Waals surface area contributed by atoms with E-state index in [0.717, 1.165) is 22.4 Å². The van der Waals surface area contributed by atoms with E-state index in [2.05, 4.69) is 22.2 Å². The summed E-state index contributed by atoms with van der Waals surface area (Å²) < 4.78 is 16.8.